The van der Waals surface area contributed by atoms with Crippen molar-refractivity contribution < 1.29 is 23.8 Å². The van der Waals surface area contributed by atoms with E-state index in [2.05, 4.69) is 22.9 Å². The van der Waals surface area contributed by atoms with Gasteiger partial charge in [0.2, 0.25) is 5.91 Å². The first-order valence-electron chi connectivity index (χ1n) is 13.8. The summed E-state index contributed by atoms with van der Waals surface area (Å²) in [7, 11) is 0. The molecule has 4 rings (SSSR count). The van der Waals surface area contributed by atoms with Gasteiger partial charge in [-0.25, -0.2) is 4.79 Å². The number of hydrogen-bond donors (Lipinski definition) is 3. The molecule has 4 heterocycles. The molecule has 9 heteroatoms. The Balaban J connectivity index is 0.000000562. The van der Waals surface area contributed by atoms with Crippen molar-refractivity contribution in [1.82, 2.24) is 16.0 Å². The Kier molecular flexibility index (Phi) is 21.5. The van der Waals surface area contributed by atoms with Crippen molar-refractivity contribution in [1.29, 1.82) is 0 Å². The fourth-order valence-corrected chi connectivity index (χ4v) is 5.23. The van der Waals surface area contributed by atoms with Gasteiger partial charge in [0.25, 0.3) is 0 Å². The number of nitrogens with one attached hydrogen (secondary N) is 3. The highest BCUT2D eigenvalue weighted by molar-refractivity contribution is 8.00. The number of fused-ring (bicyclic) bond motifs is 1. The van der Waals surface area contributed by atoms with Crippen LogP contribution in [0.15, 0.2) is 0 Å². The molecule has 8 nitrogen and oxygen atoms in total. The largest absolute Gasteiger partial charge is 0.373 e. The van der Waals surface area contributed by atoms with E-state index in [0.29, 0.717) is 30.4 Å². The minimum atomic E-state index is -0.0300. The highest BCUT2D eigenvalue weighted by Crippen LogP contribution is 2.33. The Morgan fingerprint density at radius 2 is 1.80 bits per heavy atom. The molecule has 208 valence electrons. The number of epoxide rings is 1. The summed E-state index contributed by atoms with van der Waals surface area (Å²) in [5, 5.41) is 9.23. The molecule has 4 aliphatic rings. The number of unbranched alkanes of at least 4 members (excludes halogenated alkanes) is 1. The first kappa shape index (κ1) is 34.0. The van der Waals surface area contributed by atoms with E-state index >= 15 is 0 Å². The third-order valence-corrected chi connectivity index (χ3v) is 6.95. The third kappa shape index (κ3) is 16.4. The average Bonchev–Trinajstić information content (AvgIpc) is 3.45. The van der Waals surface area contributed by atoms with Crippen molar-refractivity contribution in [3.63, 3.8) is 0 Å². The Hall–Kier alpha value is -1.03. The second-order valence-electron chi connectivity index (χ2n) is 8.22. The molecule has 4 saturated heterocycles. The monoisotopic (exact) mass is 519 g/mol. The summed E-state index contributed by atoms with van der Waals surface area (Å²) >= 11 is 1.93. The van der Waals surface area contributed by atoms with Crippen molar-refractivity contribution in [3.8, 4) is 0 Å². The molecule has 4 fully saturated rings. The zero-order valence-corrected chi connectivity index (χ0v) is 24.1. The fourth-order valence-electron chi connectivity index (χ4n) is 3.68. The first-order chi connectivity index (χ1) is 17.0. The molecular weight excluding hydrogens is 466 g/mol. The van der Waals surface area contributed by atoms with Crippen LogP contribution in [0, 0.1) is 0 Å². The number of rotatable bonds is 8. The van der Waals surface area contributed by atoms with E-state index in [9.17, 15) is 9.59 Å². The van der Waals surface area contributed by atoms with Crippen LogP contribution in [0.2, 0.25) is 0 Å². The molecule has 5 unspecified atom stereocenters. The molecule has 0 radical (unpaired) electrons. The lowest BCUT2D eigenvalue weighted by Crippen LogP contribution is -2.36. The van der Waals surface area contributed by atoms with Gasteiger partial charge in [-0.3, -0.25) is 4.79 Å². The van der Waals surface area contributed by atoms with Gasteiger partial charge in [0.05, 0.1) is 24.8 Å². The average molecular weight is 520 g/mol. The molecule has 0 saturated carbocycles. The van der Waals surface area contributed by atoms with Gasteiger partial charge < -0.3 is 30.2 Å². The molecule has 35 heavy (non-hydrogen) atoms. The second-order valence-corrected chi connectivity index (χ2v) is 9.49. The number of ether oxygens (including phenoxy) is 3. The topological polar surface area (TPSA) is 101 Å². The lowest BCUT2D eigenvalue weighted by atomic mass is 10.0. The fraction of sp³-hybridized carbons (Fsp3) is 0.923. The summed E-state index contributed by atoms with van der Waals surface area (Å²) in [6.07, 6.45) is 7.89. The summed E-state index contributed by atoms with van der Waals surface area (Å²) in [5.41, 5.74) is 0. The van der Waals surface area contributed by atoms with Crippen LogP contribution in [0.4, 0.5) is 4.79 Å². The minimum Gasteiger partial charge on any atom is -0.373 e. The van der Waals surface area contributed by atoms with Gasteiger partial charge in [-0.2, -0.15) is 11.8 Å². The van der Waals surface area contributed by atoms with E-state index in [4.69, 9.17) is 14.2 Å². The standard InChI is InChI=1S/C12H21N3O2S.C7H14O2.C3H6O.2C2H6/c1-2-13-10(16)6-4-3-5-9-11-8(7-18-9)14-12(17)15-11;1-2-8-7-5-3-4-6-9-7;1-3-2-4-3;2*1-2/h8-9,11H,2-7H2,1H3,(H,13,16)(H2,14,15,17);7H,2-6H2,1H3;3H,2H2,1H3;2*1-2H3. The summed E-state index contributed by atoms with van der Waals surface area (Å²) in [4.78, 5) is 22.5. The smallest absolute Gasteiger partial charge is 0.315 e. The van der Waals surface area contributed by atoms with Gasteiger partial charge in [-0.15, -0.1) is 0 Å². The molecule has 4 aliphatic heterocycles. The van der Waals surface area contributed by atoms with E-state index in [1.807, 2.05) is 53.3 Å². The number of thioether (sulfide) groups is 1. The van der Waals surface area contributed by atoms with E-state index < -0.39 is 0 Å². The van der Waals surface area contributed by atoms with Crippen LogP contribution in [-0.2, 0) is 19.0 Å². The Bertz CT molecular complexity index is 528. The molecule has 0 aromatic carbocycles. The Labute approximate surface area is 218 Å². The van der Waals surface area contributed by atoms with Crippen LogP contribution in [-0.4, -0.2) is 73.8 Å². The molecular formula is C26H53N3O5S. The highest BCUT2D eigenvalue weighted by atomic mass is 32.2. The molecule has 0 aromatic heterocycles. The lowest BCUT2D eigenvalue weighted by Gasteiger charge is -2.21. The molecule has 0 aliphatic carbocycles. The molecule has 3 N–H and O–H groups in total. The normalized spacial score (nSPS) is 27.4. The molecule has 0 spiro atoms. The number of carbonyl (C=O) groups is 2. The third-order valence-electron chi connectivity index (χ3n) is 5.45. The molecule has 0 bridgehead atoms. The molecule has 5 atom stereocenters. The Morgan fingerprint density at radius 3 is 2.34 bits per heavy atom. The maximum absolute atomic E-state index is 11.3. The molecule has 0 aromatic rings. The summed E-state index contributed by atoms with van der Waals surface area (Å²) in [6.45, 7) is 17.3. The maximum Gasteiger partial charge on any atom is 0.315 e. The van der Waals surface area contributed by atoms with E-state index in [0.717, 1.165) is 51.3 Å². The minimum absolute atomic E-state index is 0.0300. The predicted octanol–water partition coefficient (Wildman–Crippen LogP) is 4.86. The van der Waals surface area contributed by atoms with Crippen molar-refractivity contribution in [3.05, 3.63) is 0 Å². The maximum atomic E-state index is 11.3. The number of urea groups is 1. The quantitative estimate of drug-likeness (QED) is 0.241. The summed E-state index contributed by atoms with van der Waals surface area (Å²) < 4.78 is 15.3. The van der Waals surface area contributed by atoms with Crippen LogP contribution in [0.3, 0.4) is 0 Å². The van der Waals surface area contributed by atoms with Crippen molar-refractivity contribution in [2.75, 3.05) is 32.1 Å². The number of hydrogen-bond acceptors (Lipinski definition) is 6. The van der Waals surface area contributed by atoms with Crippen molar-refractivity contribution in [2.45, 2.75) is 123 Å². The Morgan fingerprint density at radius 1 is 1.11 bits per heavy atom. The predicted molar refractivity (Wildman–Crippen MR) is 146 cm³/mol. The van der Waals surface area contributed by atoms with E-state index in [-0.39, 0.29) is 24.3 Å². The van der Waals surface area contributed by atoms with Gasteiger partial charge in [-0.05, 0) is 52.9 Å². The highest BCUT2D eigenvalue weighted by Gasteiger charge is 2.42. The van der Waals surface area contributed by atoms with Crippen LogP contribution in [0.1, 0.15) is 93.4 Å². The van der Waals surface area contributed by atoms with E-state index in [1.165, 1.54) is 12.8 Å². The second kappa shape index (κ2) is 22.2. The van der Waals surface area contributed by atoms with Gasteiger partial charge in [-0.1, -0.05) is 34.1 Å². The first-order valence-corrected chi connectivity index (χ1v) is 14.9. The van der Waals surface area contributed by atoms with Crippen LogP contribution in [0.5, 0.6) is 0 Å². The number of amides is 3. The van der Waals surface area contributed by atoms with Crippen molar-refractivity contribution in [2.24, 2.45) is 0 Å². The van der Waals surface area contributed by atoms with Gasteiger partial charge in [0.1, 0.15) is 0 Å². The van der Waals surface area contributed by atoms with Gasteiger partial charge in [0, 0.05) is 37.2 Å². The zero-order chi connectivity index (χ0) is 26.5. The summed E-state index contributed by atoms with van der Waals surface area (Å²) in [5.74, 6) is 1.15. The van der Waals surface area contributed by atoms with Crippen LogP contribution >= 0.6 is 11.8 Å². The SMILES string of the molecule is CC.CC.CC1CO1.CCNC(=O)CCCCC1SCC2NC(=O)NC21.CCOC1CCCCO1. The summed E-state index contributed by atoms with van der Waals surface area (Å²) in [6, 6.07) is 0.556. The molecule has 3 amide bonds. The number of carbonyl (C=O) groups excluding carboxylic acids is 2. The van der Waals surface area contributed by atoms with E-state index in [1.54, 1.807) is 0 Å². The van der Waals surface area contributed by atoms with Crippen LogP contribution in [0.25, 0.3) is 0 Å². The van der Waals surface area contributed by atoms with Gasteiger partial charge >= 0.3 is 6.03 Å². The van der Waals surface area contributed by atoms with Crippen LogP contribution < -0.4 is 16.0 Å². The lowest BCUT2D eigenvalue weighted by molar-refractivity contribution is -0.159. The van der Waals surface area contributed by atoms with Crippen molar-refractivity contribution >= 4 is 23.7 Å². The zero-order valence-electron chi connectivity index (χ0n) is 23.3. The van der Waals surface area contributed by atoms with Gasteiger partial charge in [0.15, 0.2) is 6.29 Å².